The third-order valence-electron chi connectivity index (χ3n) is 7.77. The Kier molecular flexibility index (Phi) is 8.85. The van der Waals surface area contributed by atoms with Gasteiger partial charge in [0.05, 0.1) is 42.9 Å². The number of sulfonamides is 1. The number of aromatic nitrogens is 3. The zero-order chi connectivity index (χ0) is 31.6. The number of hydrogen-bond donors (Lipinski definition) is 3. The maximum absolute atomic E-state index is 12.1. The normalized spacial score (nSPS) is 15.3. The first-order valence-electron chi connectivity index (χ1n) is 14.6. The van der Waals surface area contributed by atoms with Gasteiger partial charge < -0.3 is 25.0 Å². The van der Waals surface area contributed by atoms with Crippen LogP contribution < -0.4 is 25.0 Å². The number of benzene rings is 2. The van der Waals surface area contributed by atoms with Crippen LogP contribution in [0.4, 0.5) is 28.7 Å². The molecule has 2 aromatic carbocycles. The Labute approximate surface area is 259 Å². The van der Waals surface area contributed by atoms with Crippen LogP contribution in [0.3, 0.4) is 0 Å². The van der Waals surface area contributed by atoms with Crippen LogP contribution in [0.2, 0.25) is 0 Å². The zero-order valence-electron chi connectivity index (χ0n) is 26.4. The first-order chi connectivity index (χ1) is 20.8. The van der Waals surface area contributed by atoms with E-state index >= 15 is 0 Å². The zero-order valence-corrected chi connectivity index (χ0v) is 27.2. The molecule has 11 nitrogen and oxygen atoms in total. The molecule has 234 valence electrons. The number of nitrogens with zero attached hydrogens (tertiary/aromatic N) is 4. The summed E-state index contributed by atoms with van der Waals surface area (Å²) in [4.78, 5) is 16.1. The van der Waals surface area contributed by atoms with Crippen LogP contribution in [-0.2, 0) is 26.7 Å². The standard InChI is InChI=1S/C32H41N7O4S/c1-20-8-9-21(17-33-26-15-22(32(2,3)4)16-27(30(26)42-6)38-44(7,40)41)14-25(20)36-31-29-24(34-19-35-31)10-11-28(37-29)39(5)23-12-13-43-18-23/h8-11,14-16,19,23,33,38H,12-13,17-18H2,1-7H3,(H,34,35,36). The number of rotatable bonds is 10. The molecule has 44 heavy (non-hydrogen) atoms. The topological polar surface area (TPSA) is 131 Å². The molecule has 1 atom stereocenters. The summed E-state index contributed by atoms with van der Waals surface area (Å²) in [5, 5.41) is 6.95. The maximum Gasteiger partial charge on any atom is 0.229 e. The van der Waals surface area contributed by atoms with Crippen molar-refractivity contribution in [3.8, 4) is 5.75 Å². The minimum atomic E-state index is -3.51. The molecule has 3 heterocycles. The lowest BCUT2D eigenvalue weighted by Crippen LogP contribution is -2.32. The van der Waals surface area contributed by atoms with Crippen LogP contribution >= 0.6 is 0 Å². The molecule has 1 saturated heterocycles. The SMILES string of the molecule is COc1c(NCc2ccc(C)c(Nc3ncnc4ccc(N(C)C5CCOC5)nc34)c2)cc(C(C)(C)C)cc1NS(C)(=O)=O. The van der Waals surface area contributed by atoms with E-state index < -0.39 is 10.0 Å². The molecule has 0 aliphatic carbocycles. The minimum absolute atomic E-state index is 0.217. The Morgan fingerprint density at radius 1 is 1.07 bits per heavy atom. The smallest absolute Gasteiger partial charge is 0.229 e. The monoisotopic (exact) mass is 619 g/mol. The summed E-state index contributed by atoms with van der Waals surface area (Å²) in [5.74, 6) is 1.89. The molecular weight excluding hydrogens is 578 g/mol. The highest BCUT2D eigenvalue weighted by atomic mass is 32.2. The van der Waals surface area contributed by atoms with Gasteiger partial charge in [0, 0.05) is 25.9 Å². The van der Waals surface area contributed by atoms with Crippen molar-refractivity contribution in [3.63, 3.8) is 0 Å². The lowest BCUT2D eigenvalue weighted by molar-refractivity contribution is 0.193. The molecule has 0 bridgehead atoms. The molecule has 4 aromatic rings. The van der Waals surface area contributed by atoms with E-state index in [9.17, 15) is 8.42 Å². The molecule has 1 fully saturated rings. The van der Waals surface area contributed by atoms with Gasteiger partial charge in [-0.15, -0.1) is 0 Å². The van der Waals surface area contributed by atoms with Crippen molar-refractivity contribution in [2.75, 3.05) is 53.9 Å². The number of likely N-dealkylation sites (N-methyl/N-ethyl adjacent to an activating group) is 1. The predicted octanol–water partition coefficient (Wildman–Crippen LogP) is 5.59. The maximum atomic E-state index is 12.1. The highest BCUT2D eigenvalue weighted by Crippen LogP contribution is 2.39. The van der Waals surface area contributed by atoms with Crippen LogP contribution in [0.15, 0.2) is 48.8 Å². The van der Waals surface area contributed by atoms with Crippen molar-refractivity contribution >= 4 is 49.8 Å². The fourth-order valence-corrected chi connectivity index (χ4v) is 5.71. The average Bonchev–Trinajstić information content (AvgIpc) is 3.51. The molecule has 0 amide bonds. The molecule has 12 heteroatoms. The Morgan fingerprint density at radius 3 is 2.52 bits per heavy atom. The highest BCUT2D eigenvalue weighted by Gasteiger charge is 2.23. The minimum Gasteiger partial charge on any atom is -0.492 e. The Bertz CT molecular complexity index is 1770. The summed E-state index contributed by atoms with van der Waals surface area (Å²) in [6.45, 7) is 10.2. The van der Waals surface area contributed by atoms with Gasteiger partial charge in [0.1, 0.15) is 17.7 Å². The van der Waals surface area contributed by atoms with Gasteiger partial charge in [0.25, 0.3) is 0 Å². The predicted molar refractivity (Wildman–Crippen MR) is 177 cm³/mol. The highest BCUT2D eigenvalue weighted by molar-refractivity contribution is 7.92. The van der Waals surface area contributed by atoms with Gasteiger partial charge in [0.15, 0.2) is 11.6 Å². The number of fused-ring (bicyclic) bond motifs is 1. The van der Waals surface area contributed by atoms with Crippen LogP contribution in [0.25, 0.3) is 11.0 Å². The van der Waals surface area contributed by atoms with E-state index in [1.165, 1.54) is 13.4 Å². The molecule has 3 N–H and O–H groups in total. The number of nitrogens with one attached hydrogen (secondary N) is 3. The number of anilines is 5. The van der Waals surface area contributed by atoms with Crippen molar-refractivity contribution in [2.24, 2.45) is 0 Å². The first-order valence-corrected chi connectivity index (χ1v) is 16.4. The van der Waals surface area contributed by atoms with Gasteiger partial charge in [-0.2, -0.15) is 0 Å². The lowest BCUT2D eigenvalue weighted by Gasteiger charge is -2.24. The van der Waals surface area contributed by atoms with E-state index in [2.05, 4.69) is 69.2 Å². The van der Waals surface area contributed by atoms with Gasteiger partial charge in [-0.25, -0.2) is 23.4 Å². The molecule has 1 unspecified atom stereocenters. The Morgan fingerprint density at radius 2 is 1.84 bits per heavy atom. The van der Waals surface area contributed by atoms with Crippen LogP contribution in [-0.4, -0.2) is 63.0 Å². The Hall–Kier alpha value is -4.16. The molecule has 0 spiro atoms. The first kappa shape index (κ1) is 31.3. The van der Waals surface area contributed by atoms with Crippen LogP contribution in [0.5, 0.6) is 5.75 Å². The fourth-order valence-electron chi connectivity index (χ4n) is 5.16. The van der Waals surface area contributed by atoms with E-state index in [4.69, 9.17) is 14.5 Å². The van der Waals surface area contributed by atoms with Gasteiger partial charge in [-0.3, -0.25) is 4.72 Å². The van der Waals surface area contributed by atoms with Crippen LogP contribution in [0.1, 0.15) is 43.9 Å². The van der Waals surface area contributed by atoms with Crippen molar-refractivity contribution in [2.45, 2.75) is 52.1 Å². The molecule has 0 saturated carbocycles. The van der Waals surface area contributed by atoms with Crippen molar-refractivity contribution in [1.82, 2.24) is 15.0 Å². The largest absolute Gasteiger partial charge is 0.492 e. The van der Waals surface area contributed by atoms with Gasteiger partial charge in [-0.1, -0.05) is 32.9 Å². The Balaban J connectivity index is 1.42. The number of hydrogen-bond acceptors (Lipinski definition) is 10. The molecule has 5 rings (SSSR count). The molecule has 0 radical (unpaired) electrons. The summed E-state index contributed by atoms with van der Waals surface area (Å²) < 4.78 is 38.1. The summed E-state index contributed by atoms with van der Waals surface area (Å²) in [6.07, 6.45) is 3.64. The average molecular weight is 620 g/mol. The number of ether oxygens (including phenoxy) is 2. The van der Waals surface area contributed by atoms with Gasteiger partial charge >= 0.3 is 0 Å². The van der Waals surface area contributed by atoms with E-state index in [0.29, 0.717) is 41.6 Å². The van der Waals surface area contributed by atoms with E-state index in [-0.39, 0.29) is 11.5 Å². The summed E-state index contributed by atoms with van der Waals surface area (Å²) >= 11 is 0. The number of aryl methyl sites for hydroxylation is 1. The molecule has 1 aliphatic rings. The second-order valence-electron chi connectivity index (χ2n) is 12.2. The molecule has 1 aliphatic heterocycles. The number of pyridine rings is 1. The summed E-state index contributed by atoms with van der Waals surface area (Å²) in [6, 6.07) is 14.2. The summed E-state index contributed by atoms with van der Waals surface area (Å²) in [5.41, 5.74) is 6.22. The second-order valence-corrected chi connectivity index (χ2v) is 14.0. The quantitative estimate of drug-likeness (QED) is 0.206. The third kappa shape index (κ3) is 7.13. The van der Waals surface area contributed by atoms with Crippen molar-refractivity contribution in [3.05, 3.63) is 65.5 Å². The number of methoxy groups -OCH3 is 1. The van der Waals surface area contributed by atoms with E-state index in [1.807, 2.05) is 38.2 Å². The van der Waals surface area contributed by atoms with Gasteiger partial charge in [0.2, 0.25) is 10.0 Å². The van der Waals surface area contributed by atoms with Crippen molar-refractivity contribution in [1.29, 1.82) is 0 Å². The molecular formula is C32H41N7O4S. The van der Waals surface area contributed by atoms with E-state index in [0.717, 1.165) is 53.0 Å². The van der Waals surface area contributed by atoms with E-state index in [1.54, 1.807) is 0 Å². The third-order valence-corrected chi connectivity index (χ3v) is 8.37. The lowest BCUT2D eigenvalue weighted by atomic mass is 9.86. The van der Waals surface area contributed by atoms with Gasteiger partial charge in [-0.05, 0) is 65.8 Å². The second kappa shape index (κ2) is 12.4. The fraction of sp³-hybridized carbons (Fsp3) is 0.406. The molecule has 2 aromatic heterocycles. The van der Waals surface area contributed by atoms with Crippen molar-refractivity contribution < 1.29 is 17.9 Å². The summed E-state index contributed by atoms with van der Waals surface area (Å²) in [7, 11) is 0.0567. The van der Waals surface area contributed by atoms with Crippen LogP contribution in [0, 0.1) is 6.92 Å².